The largest absolute Gasteiger partial charge is 0.494 e. The molecule has 8 nitrogen and oxygen atoms in total. The van der Waals surface area contributed by atoms with Crippen LogP contribution in [0.2, 0.25) is 0 Å². The number of thioether (sulfide) groups is 2. The van der Waals surface area contributed by atoms with E-state index < -0.39 is 0 Å². The summed E-state index contributed by atoms with van der Waals surface area (Å²) in [6.45, 7) is 1.99. The fourth-order valence-electron chi connectivity index (χ4n) is 4.82. The highest BCUT2D eigenvalue weighted by atomic mass is 32.2. The molecule has 0 bridgehead atoms. The number of benzene rings is 2. The third kappa shape index (κ3) is 8.75. The number of thiocarbonyl (C=S) groups is 2. The number of unbranched alkanes of at least 4 members (excludes halogenated alkanes) is 1. The number of carbonyl (C=O) groups excluding carboxylic acids is 2. The molecule has 0 atom stereocenters. The summed E-state index contributed by atoms with van der Waals surface area (Å²) >= 11 is 13.5. The van der Waals surface area contributed by atoms with Gasteiger partial charge in [0.05, 0.1) is 36.1 Å². The van der Waals surface area contributed by atoms with Gasteiger partial charge in [-0.1, -0.05) is 72.2 Å². The zero-order valence-electron chi connectivity index (χ0n) is 25.7. The molecule has 0 aliphatic carbocycles. The topological polar surface area (TPSA) is 84.9 Å². The zero-order chi connectivity index (χ0) is 33.3. The Kier molecular flexibility index (Phi) is 11.3. The number of ether oxygens (including phenoxy) is 2. The number of hydrogen-bond acceptors (Lipinski definition) is 10. The van der Waals surface area contributed by atoms with Crippen molar-refractivity contribution in [1.82, 2.24) is 19.8 Å². The van der Waals surface area contributed by atoms with Crippen LogP contribution in [0.25, 0.3) is 12.2 Å². The Hall–Kier alpha value is -4.36. The van der Waals surface area contributed by atoms with Crippen LogP contribution in [0.15, 0.2) is 107 Å². The summed E-state index contributed by atoms with van der Waals surface area (Å²) in [6, 6.07) is 22.9. The van der Waals surface area contributed by atoms with Crippen LogP contribution in [0.3, 0.4) is 0 Å². The van der Waals surface area contributed by atoms with Gasteiger partial charge in [-0.25, -0.2) is 0 Å². The molecule has 2 fully saturated rings. The molecule has 242 valence electrons. The lowest BCUT2D eigenvalue weighted by Crippen LogP contribution is -2.27. The molecule has 2 amide bonds. The van der Waals surface area contributed by atoms with Gasteiger partial charge in [-0.15, -0.1) is 0 Å². The van der Waals surface area contributed by atoms with Crippen molar-refractivity contribution < 1.29 is 19.1 Å². The summed E-state index contributed by atoms with van der Waals surface area (Å²) in [5.41, 5.74) is 3.77. The molecule has 6 rings (SSSR count). The number of carbonyl (C=O) groups is 2. The minimum absolute atomic E-state index is 0.0907. The predicted molar refractivity (Wildman–Crippen MR) is 199 cm³/mol. The van der Waals surface area contributed by atoms with E-state index in [2.05, 4.69) is 9.97 Å². The Morgan fingerprint density at radius 2 is 0.958 bits per heavy atom. The highest BCUT2D eigenvalue weighted by Gasteiger charge is 2.33. The predicted octanol–water partition coefficient (Wildman–Crippen LogP) is 7.52. The molecule has 2 aliphatic rings. The number of pyridine rings is 2. The average molecular weight is 711 g/mol. The third-order valence-corrected chi connectivity index (χ3v) is 10.1. The normalized spacial score (nSPS) is 16.4. The van der Waals surface area contributed by atoms with Crippen LogP contribution in [0.1, 0.15) is 35.1 Å². The van der Waals surface area contributed by atoms with Gasteiger partial charge in [-0.05, 0) is 95.8 Å². The maximum atomic E-state index is 12.9. The van der Waals surface area contributed by atoms with E-state index in [0.717, 1.165) is 46.6 Å². The second-order valence-corrected chi connectivity index (χ2v) is 14.1. The third-order valence-electron chi connectivity index (χ3n) is 7.36. The van der Waals surface area contributed by atoms with Crippen molar-refractivity contribution >= 4 is 80.6 Å². The van der Waals surface area contributed by atoms with Crippen molar-refractivity contribution in [3.63, 3.8) is 0 Å². The van der Waals surface area contributed by atoms with Gasteiger partial charge >= 0.3 is 0 Å². The fourth-order valence-corrected chi connectivity index (χ4v) is 7.33. The molecule has 2 aromatic carbocycles. The van der Waals surface area contributed by atoms with Crippen molar-refractivity contribution in [2.75, 3.05) is 13.2 Å². The lowest BCUT2D eigenvalue weighted by atomic mass is 10.2. The van der Waals surface area contributed by atoms with Crippen molar-refractivity contribution in [2.45, 2.75) is 25.9 Å². The monoisotopic (exact) mass is 710 g/mol. The van der Waals surface area contributed by atoms with Crippen molar-refractivity contribution in [3.05, 3.63) is 130 Å². The maximum Gasteiger partial charge on any atom is 0.266 e. The Morgan fingerprint density at radius 1 is 0.583 bits per heavy atom. The summed E-state index contributed by atoms with van der Waals surface area (Å²) in [4.78, 5) is 38.4. The molecule has 48 heavy (non-hydrogen) atoms. The van der Waals surface area contributed by atoms with E-state index in [1.165, 1.54) is 23.5 Å². The number of nitrogens with zero attached hydrogens (tertiary/aromatic N) is 4. The summed E-state index contributed by atoms with van der Waals surface area (Å²) in [5, 5.41) is 0. The SMILES string of the molecule is O=C1/C(=C/c2ccc(OCCCCOc3ccc(/C=C4\SC(=S)N(Cc5ccncc5)C4=O)cc3)cc2)SC(=S)N1Cc1ccncc1. The Morgan fingerprint density at radius 3 is 1.33 bits per heavy atom. The Balaban J connectivity index is 0.903. The lowest BCUT2D eigenvalue weighted by molar-refractivity contribution is -0.123. The number of rotatable bonds is 13. The molecule has 2 aromatic heterocycles. The second kappa shape index (κ2) is 16.2. The minimum Gasteiger partial charge on any atom is -0.494 e. The Labute approximate surface area is 298 Å². The van der Waals surface area contributed by atoms with Crippen molar-refractivity contribution in [2.24, 2.45) is 0 Å². The highest BCUT2D eigenvalue weighted by molar-refractivity contribution is 8.27. The van der Waals surface area contributed by atoms with Gasteiger partial charge in [0.2, 0.25) is 0 Å². The zero-order valence-corrected chi connectivity index (χ0v) is 29.0. The summed E-state index contributed by atoms with van der Waals surface area (Å²) in [7, 11) is 0. The van der Waals surface area contributed by atoms with Gasteiger partial charge in [0.15, 0.2) is 0 Å². The first-order chi connectivity index (χ1) is 23.4. The van der Waals surface area contributed by atoms with Crippen LogP contribution in [0, 0.1) is 0 Å². The molecule has 0 radical (unpaired) electrons. The summed E-state index contributed by atoms with van der Waals surface area (Å²) in [5.74, 6) is 1.35. The van der Waals surface area contributed by atoms with Gasteiger partial charge in [-0.3, -0.25) is 29.4 Å². The maximum absolute atomic E-state index is 12.9. The van der Waals surface area contributed by atoms with E-state index in [9.17, 15) is 9.59 Å². The molecule has 4 aromatic rings. The van der Waals surface area contributed by atoms with Crippen LogP contribution in [-0.2, 0) is 22.7 Å². The first-order valence-electron chi connectivity index (χ1n) is 15.2. The molecule has 4 heterocycles. The molecule has 0 spiro atoms. The van der Waals surface area contributed by atoms with Gasteiger partial charge < -0.3 is 9.47 Å². The van der Waals surface area contributed by atoms with Gasteiger partial charge in [0, 0.05) is 24.8 Å². The van der Waals surface area contributed by atoms with Crippen molar-refractivity contribution in [3.8, 4) is 11.5 Å². The van der Waals surface area contributed by atoms with Crippen molar-refractivity contribution in [1.29, 1.82) is 0 Å². The number of amides is 2. The molecule has 12 heteroatoms. The first kappa shape index (κ1) is 33.5. The first-order valence-corrected chi connectivity index (χ1v) is 17.6. The van der Waals surface area contributed by atoms with Crippen LogP contribution in [0.5, 0.6) is 11.5 Å². The molecular formula is C36H30N4O4S4. The fraction of sp³-hybridized carbons (Fsp3) is 0.167. The highest BCUT2D eigenvalue weighted by Crippen LogP contribution is 2.35. The number of hydrogen-bond donors (Lipinski definition) is 0. The van der Waals surface area contributed by atoms with E-state index in [1.54, 1.807) is 34.6 Å². The summed E-state index contributed by atoms with van der Waals surface area (Å²) < 4.78 is 12.9. The van der Waals surface area contributed by atoms with Crippen LogP contribution in [0.4, 0.5) is 0 Å². The average Bonchev–Trinajstić information content (AvgIpc) is 3.52. The van der Waals surface area contributed by atoms with Gasteiger partial charge in [0.1, 0.15) is 20.1 Å². The van der Waals surface area contributed by atoms with Gasteiger partial charge in [-0.2, -0.15) is 0 Å². The van der Waals surface area contributed by atoms with Crippen LogP contribution >= 0.6 is 48.0 Å². The quantitative estimate of drug-likeness (QED) is 0.0790. The van der Waals surface area contributed by atoms with Gasteiger partial charge in [0.25, 0.3) is 11.8 Å². The van der Waals surface area contributed by atoms with E-state index in [0.29, 0.717) is 44.8 Å². The Bertz CT molecular complexity index is 1710. The van der Waals surface area contributed by atoms with E-state index in [1.807, 2.05) is 84.9 Å². The molecule has 0 saturated carbocycles. The molecule has 2 saturated heterocycles. The van der Waals surface area contributed by atoms with Crippen LogP contribution in [-0.4, -0.2) is 53.4 Å². The van der Waals surface area contributed by atoms with E-state index in [4.69, 9.17) is 33.9 Å². The standard InChI is InChI=1S/C36H30N4O4S4/c41-33-31(47-35(45)39(33)23-27-11-15-37-16-12-27)21-25-3-7-29(8-4-25)43-19-1-2-20-44-30-9-5-26(6-10-30)22-32-34(42)40(36(46)48-32)24-28-13-17-38-18-14-28/h3-18,21-22H,1-2,19-20,23-24H2/b31-21-,32-22-. The van der Waals surface area contributed by atoms with E-state index in [-0.39, 0.29) is 11.8 Å². The molecular weight excluding hydrogens is 681 g/mol. The minimum atomic E-state index is -0.0907. The lowest BCUT2D eigenvalue weighted by Gasteiger charge is -2.14. The second-order valence-electron chi connectivity index (χ2n) is 10.8. The molecule has 0 unspecified atom stereocenters. The molecule has 0 N–H and O–H groups in total. The molecule has 2 aliphatic heterocycles. The van der Waals surface area contributed by atoms with Crippen LogP contribution < -0.4 is 9.47 Å². The number of aromatic nitrogens is 2. The smallest absolute Gasteiger partial charge is 0.266 e. The van der Waals surface area contributed by atoms with E-state index >= 15 is 0 Å². The summed E-state index contributed by atoms with van der Waals surface area (Å²) in [6.07, 6.45) is 12.2.